The Bertz CT molecular complexity index is 3970. The summed E-state index contributed by atoms with van der Waals surface area (Å²) in [4.78, 5) is 16.1. The van der Waals surface area contributed by atoms with Crippen LogP contribution in [-0.2, 0) is 0 Å². The summed E-state index contributed by atoms with van der Waals surface area (Å²) < 4.78 is 4.73. The van der Waals surface area contributed by atoms with Gasteiger partial charge >= 0.3 is 0 Å². The first-order valence-electron chi connectivity index (χ1n) is 23.0. The quantitative estimate of drug-likeness (QED) is 0.153. The molecule has 13 aromatic rings. The zero-order valence-corrected chi connectivity index (χ0v) is 36.9. The van der Waals surface area contributed by atoms with Gasteiger partial charge in [-0.3, -0.25) is 4.57 Å². The second-order valence-electron chi connectivity index (χ2n) is 17.2. The van der Waals surface area contributed by atoms with Crippen molar-refractivity contribution in [2.45, 2.75) is 0 Å². The van der Waals surface area contributed by atoms with Crippen molar-refractivity contribution >= 4 is 43.6 Å². The minimum Gasteiger partial charge on any atom is -0.307 e. The van der Waals surface area contributed by atoms with Crippen LogP contribution in [0.5, 0.6) is 0 Å². The number of benzene rings is 10. The highest BCUT2D eigenvalue weighted by molar-refractivity contribution is 6.28. The van der Waals surface area contributed by atoms with Crippen molar-refractivity contribution in [1.82, 2.24) is 24.1 Å². The molecule has 0 bridgehead atoms. The Labute approximate surface area is 393 Å². The van der Waals surface area contributed by atoms with Gasteiger partial charge in [0, 0.05) is 38.4 Å². The molecule has 0 N–H and O–H groups in total. The van der Waals surface area contributed by atoms with Gasteiger partial charge in [0.25, 0.3) is 0 Å². The summed E-state index contributed by atoms with van der Waals surface area (Å²) in [6, 6.07) is 88.2. The molecule has 0 atom stereocenters. The topological polar surface area (TPSA) is 48.5 Å². The number of hydrogen-bond acceptors (Lipinski definition) is 3. The minimum atomic E-state index is 0.542. The van der Waals surface area contributed by atoms with Crippen LogP contribution in [0, 0.1) is 0 Å². The molecular weight excluding hydrogens is 827 g/mol. The van der Waals surface area contributed by atoms with Crippen LogP contribution < -0.4 is 0 Å². The lowest BCUT2D eigenvalue weighted by Gasteiger charge is -2.15. The van der Waals surface area contributed by atoms with Gasteiger partial charge in [-0.25, -0.2) is 4.98 Å². The molecule has 0 aliphatic carbocycles. The predicted octanol–water partition coefficient (Wildman–Crippen LogP) is 16.1. The SMILES string of the molecule is c1ccc(-c2ccc(-c3nc(-c4ccccc4)nc(-n4c5ccccc5c5c(-c6cccc(-c7ccccc7)c6)cc6c7ccccc7n(-c7ccc(-c8ccccc8)cc7)c6c54)n3)cc2)cc1. The molecule has 10 aromatic carbocycles. The number of nitrogens with zero attached hydrogens (tertiary/aromatic N) is 5. The average Bonchev–Trinajstić information content (AvgIpc) is 3.95. The van der Waals surface area contributed by atoms with Crippen molar-refractivity contribution < 1.29 is 0 Å². The second kappa shape index (κ2) is 16.4. The first-order valence-corrected chi connectivity index (χ1v) is 23.0. The Hall–Kier alpha value is -9.19. The van der Waals surface area contributed by atoms with E-state index in [1.165, 1.54) is 11.1 Å². The van der Waals surface area contributed by atoms with Crippen molar-refractivity contribution in [2.24, 2.45) is 0 Å². The molecule has 0 saturated heterocycles. The van der Waals surface area contributed by atoms with Crippen LogP contribution in [-0.4, -0.2) is 24.1 Å². The van der Waals surface area contributed by atoms with E-state index in [0.29, 0.717) is 17.6 Å². The fraction of sp³-hybridized carbons (Fsp3) is 0. The van der Waals surface area contributed by atoms with E-state index >= 15 is 0 Å². The molecule has 0 aliphatic heterocycles. The molecule has 0 unspecified atom stereocenters. The van der Waals surface area contributed by atoms with E-state index in [-0.39, 0.29) is 0 Å². The molecule has 3 aromatic heterocycles. The molecule has 0 saturated carbocycles. The zero-order valence-electron chi connectivity index (χ0n) is 36.9. The van der Waals surface area contributed by atoms with Gasteiger partial charge in [0.1, 0.15) is 0 Å². The van der Waals surface area contributed by atoms with E-state index in [1.54, 1.807) is 0 Å². The van der Waals surface area contributed by atoms with Crippen molar-refractivity contribution in [3.8, 4) is 78.9 Å². The summed E-state index contributed by atoms with van der Waals surface area (Å²) in [6.45, 7) is 0. The third kappa shape index (κ3) is 6.68. The van der Waals surface area contributed by atoms with E-state index in [4.69, 9.17) is 15.0 Å². The van der Waals surface area contributed by atoms with Crippen LogP contribution in [0.4, 0.5) is 0 Å². The average molecular weight is 868 g/mol. The highest BCUT2D eigenvalue weighted by Crippen LogP contribution is 2.47. The first-order chi connectivity index (χ1) is 33.7. The third-order valence-corrected chi connectivity index (χ3v) is 13.2. The van der Waals surface area contributed by atoms with Gasteiger partial charge in [-0.2, -0.15) is 9.97 Å². The summed E-state index contributed by atoms with van der Waals surface area (Å²) in [5.41, 5.74) is 16.3. The largest absolute Gasteiger partial charge is 0.307 e. The molecule has 0 fully saturated rings. The molecule has 3 heterocycles. The summed E-state index contributed by atoms with van der Waals surface area (Å²) in [6.07, 6.45) is 0. The predicted molar refractivity (Wildman–Crippen MR) is 281 cm³/mol. The van der Waals surface area contributed by atoms with Crippen LogP contribution in [0.15, 0.2) is 249 Å². The van der Waals surface area contributed by atoms with Crippen molar-refractivity contribution in [2.75, 3.05) is 0 Å². The molecule has 5 heteroatoms. The van der Waals surface area contributed by atoms with E-state index in [2.05, 4.69) is 234 Å². The molecule has 0 amide bonds. The van der Waals surface area contributed by atoms with Crippen LogP contribution in [0.1, 0.15) is 0 Å². The van der Waals surface area contributed by atoms with Gasteiger partial charge in [0.15, 0.2) is 11.6 Å². The molecule has 5 nitrogen and oxygen atoms in total. The van der Waals surface area contributed by atoms with Crippen LogP contribution in [0.3, 0.4) is 0 Å². The molecule has 0 aliphatic rings. The van der Waals surface area contributed by atoms with E-state index in [1.807, 2.05) is 24.3 Å². The maximum absolute atomic E-state index is 5.47. The zero-order chi connectivity index (χ0) is 45.0. The van der Waals surface area contributed by atoms with Crippen LogP contribution >= 0.6 is 0 Å². The lowest BCUT2D eigenvalue weighted by molar-refractivity contribution is 0.953. The molecule has 68 heavy (non-hydrogen) atoms. The van der Waals surface area contributed by atoms with E-state index in [0.717, 1.165) is 93.8 Å². The molecule has 318 valence electrons. The lowest BCUT2D eigenvalue weighted by atomic mass is 9.94. The van der Waals surface area contributed by atoms with Gasteiger partial charge in [-0.05, 0) is 80.9 Å². The minimum absolute atomic E-state index is 0.542. The Morgan fingerprint density at radius 3 is 1.29 bits per heavy atom. The van der Waals surface area contributed by atoms with E-state index in [9.17, 15) is 0 Å². The first kappa shape index (κ1) is 39.2. The molecule has 13 rings (SSSR count). The van der Waals surface area contributed by atoms with Gasteiger partial charge in [0.2, 0.25) is 5.95 Å². The maximum Gasteiger partial charge on any atom is 0.238 e. The number of hydrogen-bond donors (Lipinski definition) is 0. The van der Waals surface area contributed by atoms with Gasteiger partial charge in [0.05, 0.1) is 22.1 Å². The van der Waals surface area contributed by atoms with Crippen LogP contribution in [0.25, 0.3) is 123 Å². The third-order valence-electron chi connectivity index (χ3n) is 13.2. The highest BCUT2D eigenvalue weighted by atomic mass is 15.2. The van der Waals surface area contributed by atoms with Crippen LogP contribution in [0.2, 0.25) is 0 Å². The summed E-state index contributed by atoms with van der Waals surface area (Å²) in [5, 5.41) is 4.53. The van der Waals surface area contributed by atoms with Crippen molar-refractivity contribution in [3.05, 3.63) is 249 Å². The molecule has 0 radical (unpaired) electrons. The molecule has 0 spiro atoms. The fourth-order valence-corrected chi connectivity index (χ4v) is 9.98. The van der Waals surface area contributed by atoms with Gasteiger partial charge < -0.3 is 4.57 Å². The van der Waals surface area contributed by atoms with Gasteiger partial charge in [-0.1, -0.05) is 212 Å². The van der Waals surface area contributed by atoms with Crippen molar-refractivity contribution in [1.29, 1.82) is 0 Å². The smallest absolute Gasteiger partial charge is 0.238 e. The Kier molecular flexibility index (Phi) is 9.43. The Morgan fingerprint density at radius 1 is 0.265 bits per heavy atom. The lowest BCUT2D eigenvalue weighted by Crippen LogP contribution is -2.07. The van der Waals surface area contributed by atoms with Gasteiger partial charge in [-0.15, -0.1) is 0 Å². The summed E-state index contributed by atoms with van der Waals surface area (Å²) >= 11 is 0. The monoisotopic (exact) mass is 867 g/mol. The summed E-state index contributed by atoms with van der Waals surface area (Å²) in [7, 11) is 0. The van der Waals surface area contributed by atoms with Crippen molar-refractivity contribution in [3.63, 3.8) is 0 Å². The number of fused-ring (bicyclic) bond motifs is 7. The maximum atomic E-state index is 5.47. The number of aromatic nitrogens is 5. The van der Waals surface area contributed by atoms with E-state index < -0.39 is 0 Å². The molecular formula is C63H41N5. The number of para-hydroxylation sites is 2. The standard InChI is InChI=1S/C63H41N5/c1-5-18-42(19-6-1)45-32-34-48(35-33-45)62-64-61(47-24-11-4-12-25-47)65-63(66-62)68-57-31-16-14-29-53(57)58-54(50-27-17-26-49(40-50)44-22-9-3-10-23-44)41-55-52-28-13-15-30-56(52)67(59(55)60(58)68)51-38-36-46(37-39-51)43-20-7-2-8-21-43/h1-41H. The normalized spacial score (nSPS) is 11.5. The Morgan fingerprint density at radius 2 is 0.691 bits per heavy atom. The second-order valence-corrected chi connectivity index (χ2v) is 17.2. The summed E-state index contributed by atoms with van der Waals surface area (Å²) in [5.74, 6) is 1.74. The fourth-order valence-electron chi connectivity index (χ4n) is 9.98. The highest BCUT2D eigenvalue weighted by Gasteiger charge is 2.26. The number of rotatable bonds is 8. The Balaban J connectivity index is 1.15.